The van der Waals surface area contributed by atoms with Crippen LogP contribution in [0.5, 0.6) is 0 Å². The van der Waals surface area contributed by atoms with Gasteiger partial charge in [-0.3, -0.25) is 9.59 Å². The van der Waals surface area contributed by atoms with Crippen molar-refractivity contribution < 1.29 is 4.79 Å². The van der Waals surface area contributed by atoms with Crippen molar-refractivity contribution in [2.24, 2.45) is 5.92 Å². The molecule has 1 aromatic heterocycles. The van der Waals surface area contributed by atoms with Crippen LogP contribution in [0.1, 0.15) is 32.6 Å². The molecule has 140 valence electrons. The number of benzene rings is 2. The molecule has 27 heavy (non-hydrogen) atoms. The van der Waals surface area contributed by atoms with Crippen LogP contribution in [0.15, 0.2) is 53.3 Å². The standard InChI is InChI=1S/C23H26N2O2/c1-16-9-3-6-12-19(16)24(2)22(26)15-25-20-13-7-4-10-17(20)23(27)18-11-5-8-14-21(18)25/h4-5,7-8,10-11,13-14,16,19H,3,6,9,12,15H2,1-2H3. The molecule has 0 spiro atoms. The topological polar surface area (TPSA) is 42.3 Å². The Kier molecular flexibility index (Phi) is 4.73. The van der Waals surface area contributed by atoms with Gasteiger partial charge in [-0.05, 0) is 43.0 Å². The molecule has 0 aliphatic heterocycles. The lowest BCUT2D eigenvalue weighted by Gasteiger charge is -2.36. The smallest absolute Gasteiger partial charge is 0.242 e. The minimum atomic E-state index is 0.0270. The maximum Gasteiger partial charge on any atom is 0.242 e. The van der Waals surface area contributed by atoms with Crippen molar-refractivity contribution in [1.29, 1.82) is 0 Å². The molecule has 2 aromatic carbocycles. The van der Waals surface area contributed by atoms with Crippen LogP contribution in [0.25, 0.3) is 21.8 Å². The van der Waals surface area contributed by atoms with E-state index in [-0.39, 0.29) is 17.9 Å². The largest absolute Gasteiger partial charge is 0.341 e. The fourth-order valence-electron chi connectivity index (χ4n) is 4.55. The van der Waals surface area contributed by atoms with Crippen molar-refractivity contribution in [1.82, 2.24) is 9.47 Å². The molecule has 4 heteroatoms. The molecule has 2 unspecified atom stereocenters. The Morgan fingerprint density at radius 1 is 1.00 bits per heavy atom. The van der Waals surface area contributed by atoms with Gasteiger partial charge in [0.05, 0.1) is 11.0 Å². The van der Waals surface area contributed by atoms with Crippen LogP contribution >= 0.6 is 0 Å². The number of carbonyl (C=O) groups excluding carboxylic acids is 1. The summed E-state index contributed by atoms with van der Waals surface area (Å²) in [6, 6.07) is 15.5. The number of nitrogens with zero attached hydrogens (tertiary/aromatic N) is 2. The van der Waals surface area contributed by atoms with Gasteiger partial charge in [0.1, 0.15) is 6.54 Å². The van der Waals surface area contributed by atoms with Crippen molar-refractivity contribution in [2.75, 3.05) is 7.05 Å². The van der Waals surface area contributed by atoms with Gasteiger partial charge in [-0.25, -0.2) is 0 Å². The summed E-state index contributed by atoms with van der Waals surface area (Å²) < 4.78 is 2.00. The molecule has 1 aliphatic rings. The molecule has 0 saturated heterocycles. The molecule has 4 rings (SSSR count). The minimum absolute atomic E-state index is 0.0270. The highest BCUT2D eigenvalue weighted by molar-refractivity contribution is 5.94. The summed E-state index contributed by atoms with van der Waals surface area (Å²) in [5.74, 6) is 0.642. The molecular formula is C23H26N2O2. The summed E-state index contributed by atoms with van der Waals surface area (Å²) in [7, 11) is 1.93. The van der Waals surface area contributed by atoms with E-state index in [0.717, 1.165) is 17.5 Å². The number of rotatable bonds is 3. The zero-order valence-corrected chi connectivity index (χ0v) is 16.0. The Morgan fingerprint density at radius 2 is 1.56 bits per heavy atom. The Morgan fingerprint density at radius 3 is 2.15 bits per heavy atom. The summed E-state index contributed by atoms with van der Waals surface area (Å²) >= 11 is 0. The Bertz CT molecular complexity index is 993. The van der Waals surface area contributed by atoms with Gasteiger partial charge in [0.25, 0.3) is 0 Å². The van der Waals surface area contributed by atoms with Gasteiger partial charge < -0.3 is 9.47 Å². The summed E-state index contributed by atoms with van der Waals surface area (Å²) in [5, 5.41) is 1.33. The maximum atomic E-state index is 13.2. The summed E-state index contributed by atoms with van der Waals surface area (Å²) in [6.07, 6.45) is 4.71. The molecule has 2 atom stereocenters. The number of amides is 1. The first kappa shape index (κ1) is 17.8. The zero-order valence-electron chi connectivity index (χ0n) is 16.0. The molecule has 3 aromatic rings. The lowest BCUT2D eigenvalue weighted by molar-refractivity contribution is -0.134. The number of para-hydroxylation sites is 2. The number of fused-ring (bicyclic) bond motifs is 2. The van der Waals surface area contributed by atoms with E-state index in [0.29, 0.717) is 22.7 Å². The third-order valence-corrected chi connectivity index (χ3v) is 6.13. The fourth-order valence-corrected chi connectivity index (χ4v) is 4.55. The van der Waals surface area contributed by atoms with Gasteiger partial charge in [0.15, 0.2) is 5.43 Å². The monoisotopic (exact) mass is 362 g/mol. The van der Waals surface area contributed by atoms with Gasteiger partial charge in [0, 0.05) is 23.9 Å². The normalized spacial score (nSPS) is 20.1. The quantitative estimate of drug-likeness (QED) is 0.656. The Balaban J connectivity index is 1.77. The lowest BCUT2D eigenvalue weighted by Crippen LogP contribution is -2.44. The van der Waals surface area contributed by atoms with Gasteiger partial charge in [-0.15, -0.1) is 0 Å². The number of hydrogen-bond acceptors (Lipinski definition) is 2. The van der Waals surface area contributed by atoms with Crippen molar-refractivity contribution >= 4 is 27.7 Å². The maximum absolute atomic E-state index is 13.2. The number of pyridine rings is 1. The summed E-state index contributed by atoms with van der Waals surface area (Å²) in [6.45, 7) is 2.50. The van der Waals surface area contributed by atoms with Crippen LogP contribution in [0.3, 0.4) is 0 Å². The second-order valence-electron chi connectivity index (χ2n) is 7.78. The first-order valence-electron chi connectivity index (χ1n) is 9.84. The van der Waals surface area contributed by atoms with Gasteiger partial charge in [-0.1, -0.05) is 44.0 Å². The average molecular weight is 362 g/mol. The van der Waals surface area contributed by atoms with E-state index >= 15 is 0 Å². The van der Waals surface area contributed by atoms with E-state index in [1.54, 1.807) is 0 Å². The fraction of sp³-hybridized carbons (Fsp3) is 0.391. The predicted octanol–water partition coefficient (Wildman–Crippen LogP) is 4.19. The second kappa shape index (κ2) is 7.18. The SMILES string of the molecule is CC1CCCCC1N(C)C(=O)Cn1c2ccccc2c(=O)c2ccccc21. The molecule has 0 bridgehead atoms. The number of aromatic nitrogens is 1. The number of likely N-dealkylation sites (N-methyl/N-ethyl adjacent to an activating group) is 1. The number of hydrogen-bond donors (Lipinski definition) is 0. The Hall–Kier alpha value is -2.62. The molecule has 0 radical (unpaired) electrons. The van der Waals surface area contributed by atoms with Crippen LogP contribution < -0.4 is 5.43 Å². The first-order valence-corrected chi connectivity index (χ1v) is 9.84. The van der Waals surface area contributed by atoms with Crippen LogP contribution in [0.2, 0.25) is 0 Å². The highest BCUT2D eigenvalue weighted by atomic mass is 16.2. The van der Waals surface area contributed by atoms with Crippen LogP contribution in [0.4, 0.5) is 0 Å². The van der Waals surface area contributed by atoms with Crippen LogP contribution in [0, 0.1) is 5.92 Å². The number of carbonyl (C=O) groups is 1. The molecule has 1 aliphatic carbocycles. The minimum Gasteiger partial charge on any atom is -0.341 e. The van der Waals surface area contributed by atoms with Crippen molar-refractivity contribution in [2.45, 2.75) is 45.2 Å². The summed E-state index contributed by atoms with van der Waals surface area (Å²) in [4.78, 5) is 27.9. The van der Waals surface area contributed by atoms with Gasteiger partial charge >= 0.3 is 0 Å². The Labute approximate surface area is 159 Å². The van der Waals surface area contributed by atoms with E-state index in [9.17, 15) is 9.59 Å². The van der Waals surface area contributed by atoms with E-state index in [1.807, 2.05) is 65.0 Å². The van der Waals surface area contributed by atoms with Crippen molar-refractivity contribution in [3.05, 3.63) is 58.8 Å². The second-order valence-corrected chi connectivity index (χ2v) is 7.78. The first-order chi connectivity index (χ1) is 13.1. The summed E-state index contributed by atoms with van der Waals surface area (Å²) in [5.41, 5.74) is 1.67. The van der Waals surface area contributed by atoms with E-state index in [1.165, 1.54) is 19.3 Å². The van der Waals surface area contributed by atoms with Crippen LogP contribution in [-0.4, -0.2) is 28.5 Å². The van der Waals surface area contributed by atoms with Crippen LogP contribution in [-0.2, 0) is 11.3 Å². The average Bonchev–Trinajstić information content (AvgIpc) is 2.71. The highest BCUT2D eigenvalue weighted by Gasteiger charge is 2.28. The molecule has 1 fully saturated rings. The van der Waals surface area contributed by atoms with Crippen molar-refractivity contribution in [3.63, 3.8) is 0 Å². The zero-order chi connectivity index (χ0) is 19.0. The third-order valence-electron chi connectivity index (χ3n) is 6.13. The molecule has 1 heterocycles. The highest BCUT2D eigenvalue weighted by Crippen LogP contribution is 2.28. The molecular weight excluding hydrogens is 336 g/mol. The van der Waals surface area contributed by atoms with Gasteiger partial charge in [-0.2, -0.15) is 0 Å². The third kappa shape index (κ3) is 3.14. The van der Waals surface area contributed by atoms with E-state index in [4.69, 9.17) is 0 Å². The van der Waals surface area contributed by atoms with E-state index in [2.05, 4.69) is 6.92 Å². The molecule has 4 nitrogen and oxygen atoms in total. The molecule has 0 N–H and O–H groups in total. The molecule has 1 amide bonds. The van der Waals surface area contributed by atoms with Gasteiger partial charge in [0.2, 0.25) is 5.91 Å². The molecule has 1 saturated carbocycles. The van der Waals surface area contributed by atoms with Crippen molar-refractivity contribution in [3.8, 4) is 0 Å². The lowest BCUT2D eigenvalue weighted by atomic mass is 9.85. The van der Waals surface area contributed by atoms with E-state index < -0.39 is 0 Å². The predicted molar refractivity (Wildman–Crippen MR) is 110 cm³/mol.